The fourth-order valence-electron chi connectivity index (χ4n) is 4.27. The molecule has 0 bridgehead atoms. The van der Waals surface area contributed by atoms with E-state index < -0.39 is 0 Å². The predicted molar refractivity (Wildman–Crippen MR) is 174 cm³/mol. The van der Waals surface area contributed by atoms with E-state index in [9.17, 15) is 0 Å². The van der Waals surface area contributed by atoms with E-state index in [0.29, 0.717) is 50.6 Å². The molecule has 10 N–H and O–H groups in total. The van der Waals surface area contributed by atoms with E-state index in [0.717, 1.165) is 32.5 Å². The molecule has 19 heteroatoms. The fraction of sp³-hybridized carbons (Fsp3) is 0.387. The zero-order valence-electron chi connectivity index (χ0n) is 27.4. The van der Waals surface area contributed by atoms with Gasteiger partial charge in [0.2, 0.25) is 11.6 Å². The third-order valence-corrected chi connectivity index (χ3v) is 6.53. The quantitative estimate of drug-likeness (QED) is 0.0288. The van der Waals surface area contributed by atoms with Crippen molar-refractivity contribution in [1.29, 1.82) is 10.7 Å². The standard InChI is InChI=1S/C11H14N4O2.C10H14N3O2.C10H16N2O2.4ClH/c12-9-13-14-10-1-3-11(4-2-10)15(5-7-16)6-8-17;11-12-9-1-3-10(4-2-9)13(5-7-14)6-8-15;11-9-1-3-10(4-2-9)12(5-7-13)6-8-14;;;;/h1-4,16-17H,5-8H2;1-4,14-15H,5-8H2;1-4,13-14H,5-8,11H2;4*1H/q;+1;;;;;/p-2. The van der Waals surface area contributed by atoms with Crippen molar-refractivity contribution in [3.8, 4) is 6.19 Å². The van der Waals surface area contributed by atoms with Crippen LogP contribution in [0.4, 0.5) is 34.1 Å². The average molecular weight is 783 g/mol. The number of quaternary nitrogens is 2. The first-order chi connectivity index (χ1) is 22.4. The van der Waals surface area contributed by atoms with E-state index in [2.05, 4.69) is 15.2 Å². The number of diazo groups is 1. The summed E-state index contributed by atoms with van der Waals surface area (Å²) < 4.78 is 0. The van der Waals surface area contributed by atoms with E-state index in [-0.39, 0.29) is 89.3 Å². The molecular formula is C31H46Cl4N9O6-. The molecule has 3 rings (SSSR count). The smallest absolute Gasteiger partial charge is 0.385 e. The molecule has 0 spiro atoms. The number of nitrogen functional groups attached to an aromatic ring is 1. The lowest BCUT2D eigenvalue weighted by molar-refractivity contribution is -0.833. The minimum absolute atomic E-state index is 0. The normalized spacial score (nSPS) is 9.64. The van der Waals surface area contributed by atoms with Crippen LogP contribution in [0, 0.1) is 16.8 Å². The summed E-state index contributed by atoms with van der Waals surface area (Å²) in [4.78, 5) is 6.98. The van der Waals surface area contributed by atoms with Gasteiger partial charge in [-0.05, 0) is 36.4 Å². The van der Waals surface area contributed by atoms with Crippen LogP contribution in [-0.2, 0) is 0 Å². The second-order valence-electron chi connectivity index (χ2n) is 9.62. The Labute approximate surface area is 317 Å². The first-order valence-corrected chi connectivity index (χ1v) is 14.7. The Hall–Kier alpha value is -3.39. The van der Waals surface area contributed by atoms with Crippen LogP contribution in [0.25, 0.3) is 4.98 Å². The highest BCUT2D eigenvalue weighted by Gasteiger charge is 2.13. The maximum Gasteiger partial charge on any atom is 0.385 e. The monoisotopic (exact) mass is 780 g/mol. The van der Waals surface area contributed by atoms with Crippen LogP contribution in [0.1, 0.15) is 0 Å². The van der Waals surface area contributed by atoms with Gasteiger partial charge in [-0.2, -0.15) is 5.26 Å². The molecule has 0 heterocycles. The Morgan fingerprint density at radius 2 is 1.02 bits per heavy atom. The van der Waals surface area contributed by atoms with Crippen LogP contribution in [0.15, 0.2) is 83.0 Å². The molecule has 0 aliphatic heterocycles. The molecule has 0 aliphatic carbocycles. The van der Waals surface area contributed by atoms with Crippen molar-refractivity contribution in [1.82, 2.24) is 0 Å². The first kappa shape index (κ1) is 53.4. The molecule has 280 valence electrons. The molecule has 0 saturated carbocycles. The van der Waals surface area contributed by atoms with Gasteiger partial charge in [0, 0.05) is 60.9 Å². The number of hydrogen-bond acceptors (Lipinski definition) is 12. The Morgan fingerprint density at radius 1 is 0.620 bits per heavy atom. The molecule has 50 heavy (non-hydrogen) atoms. The lowest BCUT2D eigenvalue weighted by Gasteiger charge is -2.22. The Balaban J connectivity index is -0.000000307. The highest BCUT2D eigenvalue weighted by Crippen LogP contribution is 2.19. The second-order valence-corrected chi connectivity index (χ2v) is 9.62. The maximum absolute atomic E-state index is 8.90. The minimum atomic E-state index is 0. The van der Waals surface area contributed by atoms with Crippen molar-refractivity contribution in [2.24, 2.45) is 10.2 Å². The Bertz CT molecular complexity index is 1320. The van der Waals surface area contributed by atoms with Crippen molar-refractivity contribution in [2.75, 3.05) is 89.5 Å². The molecule has 0 fully saturated rings. The third-order valence-electron chi connectivity index (χ3n) is 6.53. The average Bonchev–Trinajstić information content (AvgIpc) is 3.08. The molecule has 0 radical (unpaired) electrons. The van der Waals surface area contributed by atoms with Gasteiger partial charge in [0.25, 0.3) is 0 Å². The number of rotatable bonds is 16. The summed E-state index contributed by atoms with van der Waals surface area (Å²) >= 11 is 0. The number of azo groups is 1. The van der Waals surface area contributed by atoms with Crippen LogP contribution in [0.2, 0.25) is 0 Å². The number of nitrogens with one attached hydrogen (secondary N) is 2. The van der Waals surface area contributed by atoms with Crippen molar-refractivity contribution in [3.05, 3.63) is 77.8 Å². The molecule has 0 aromatic heterocycles. The van der Waals surface area contributed by atoms with Gasteiger partial charge < -0.3 is 90.9 Å². The lowest BCUT2D eigenvalue weighted by Crippen LogP contribution is -3.08. The van der Waals surface area contributed by atoms with Crippen LogP contribution in [0.5, 0.6) is 0 Å². The molecule has 0 saturated heterocycles. The highest BCUT2D eigenvalue weighted by molar-refractivity contribution is 5.52. The van der Waals surface area contributed by atoms with Gasteiger partial charge in [0.15, 0.2) is 4.98 Å². The number of anilines is 2. The van der Waals surface area contributed by atoms with Crippen LogP contribution < -0.4 is 70.1 Å². The maximum atomic E-state index is 8.90. The number of aliphatic hydroxyl groups is 6. The summed E-state index contributed by atoms with van der Waals surface area (Å²) in [6, 6.07) is 21.5. The number of aliphatic hydroxyl groups excluding tert-OH is 6. The van der Waals surface area contributed by atoms with Gasteiger partial charge in [0.05, 0.1) is 45.3 Å². The Morgan fingerprint density at radius 3 is 1.36 bits per heavy atom. The Kier molecular flexibility index (Phi) is 36.4. The SMILES string of the molecule is N#CN=Nc1ccc(N(CCO)CCO)cc1.N#[N+]c1ccc([NH+](CCO)CCO)cc1.Nc1ccc([NH+](CCO)CCO)cc1.[Cl-].[Cl-].[Cl-].[Cl-]. The lowest BCUT2D eigenvalue weighted by atomic mass is 10.2. The van der Waals surface area contributed by atoms with E-state index >= 15 is 0 Å². The highest BCUT2D eigenvalue weighted by atomic mass is 35.5. The summed E-state index contributed by atoms with van der Waals surface area (Å²) in [7, 11) is 0. The zero-order valence-corrected chi connectivity index (χ0v) is 30.4. The van der Waals surface area contributed by atoms with Crippen molar-refractivity contribution in [3.63, 3.8) is 0 Å². The number of hydrogen-bond donors (Lipinski definition) is 9. The fourth-order valence-corrected chi connectivity index (χ4v) is 4.27. The molecule has 15 nitrogen and oxygen atoms in total. The van der Waals surface area contributed by atoms with Crippen LogP contribution >= 0.6 is 0 Å². The van der Waals surface area contributed by atoms with Crippen LogP contribution in [-0.4, -0.2) is 110 Å². The zero-order chi connectivity index (χ0) is 34.0. The van der Waals surface area contributed by atoms with Gasteiger partial charge in [-0.1, -0.05) is 5.11 Å². The minimum Gasteiger partial charge on any atom is -1.00 e. The molecule has 3 aromatic rings. The molecule has 3 aromatic carbocycles. The third kappa shape index (κ3) is 21.6. The van der Waals surface area contributed by atoms with Gasteiger partial charge in [-0.25, -0.2) is 0 Å². The number of benzene rings is 3. The van der Waals surface area contributed by atoms with E-state index in [4.69, 9.17) is 47.0 Å². The predicted octanol–water partition coefficient (Wildman–Crippen LogP) is -12.5. The van der Waals surface area contributed by atoms with E-state index in [1.165, 1.54) is 0 Å². The number of nitrogens with two attached hydrogens (primary N) is 1. The number of halogens is 4. The molecule has 0 amide bonds. The van der Waals surface area contributed by atoms with Gasteiger partial charge in [-0.3, -0.25) is 9.80 Å². The van der Waals surface area contributed by atoms with Gasteiger partial charge in [-0.15, -0.1) is 5.11 Å². The summed E-state index contributed by atoms with van der Waals surface area (Å²) in [6.07, 6.45) is 1.58. The molecule has 0 unspecified atom stereocenters. The summed E-state index contributed by atoms with van der Waals surface area (Å²) in [5, 5.41) is 76.9. The van der Waals surface area contributed by atoms with Gasteiger partial charge >= 0.3 is 5.69 Å². The molecule has 0 aliphatic rings. The molecule has 0 atom stereocenters. The van der Waals surface area contributed by atoms with E-state index in [1.807, 2.05) is 41.3 Å². The summed E-state index contributed by atoms with van der Waals surface area (Å²) in [5.41, 5.74) is 10.3. The van der Waals surface area contributed by atoms with Crippen molar-refractivity contribution in [2.45, 2.75) is 0 Å². The number of nitrogens with zero attached hydrogens (tertiary/aromatic N) is 6. The first-order valence-electron chi connectivity index (χ1n) is 14.7. The van der Waals surface area contributed by atoms with Crippen molar-refractivity contribution < 1.29 is 90.1 Å². The molecular weight excluding hydrogens is 736 g/mol. The number of nitriles is 1. The topological polar surface area (TPSA) is 236 Å². The largest absolute Gasteiger partial charge is 1.00 e. The van der Waals surface area contributed by atoms with Gasteiger partial charge in [0.1, 0.15) is 37.6 Å². The summed E-state index contributed by atoms with van der Waals surface area (Å²) in [5.74, 6) is 0. The van der Waals surface area contributed by atoms with Crippen molar-refractivity contribution >= 4 is 34.1 Å². The summed E-state index contributed by atoms with van der Waals surface area (Å²) in [6.45, 7) is 3.63. The van der Waals surface area contributed by atoms with E-state index in [1.54, 1.807) is 42.6 Å². The second kappa shape index (κ2) is 34.1. The van der Waals surface area contributed by atoms with Crippen LogP contribution in [0.3, 0.4) is 0 Å².